The van der Waals surface area contributed by atoms with Crippen molar-refractivity contribution in [3.05, 3.63) is 81.8 Å². The van der Waals surface area contributed by atoms with E-state index >= 15 is 0 Å². The minimum absolute atomic E-state index is 0.237. The van der Waals surface area contributed by atoms with E-state index in [4.69, 9.17) is 4.74 Å². The molecule has 0 saturated heterocycles. The zero-order valence-electron chi connectivity index (χ0n) is 12.4. The molecule has 0 aliphatic rings. The van der Waals surface area contributed by atoms with Gasteiger partial charge in [-0.15, -0.1) is 11.3 Å². The van der Waals surface area contributed by atoms with E-state index in [0.29, 0.717) is 16.1 Å². The SMILES string of the molecule is Cc1cccnc1C(=O)c1ccccc1OC(=O)c1cccs1. The minimum atomic E-state index is -0.474. The van der Waals surface area contributed by atoms with Crippen molar-refractivity contribution in [2.24, 2.45) is 0 Å². The monoisotopic (exact) mass is 323 g/mol. The molecule has 0 bridgehead atoms. The number of benzene rings is 1. The van der Waals surface area contributed by atoms with Gasteiger partial charge in [-0.25, -0.2) is 4.79 Å². The van der Waals surface area contributed by atoms with Crippen molar-refractivity contribution in [2.45, 2.75) is 6.92 Å². The fraction of sp³-hybridized carbons (Fsp3) is 0.0556. The van der Waals surface area contributed by atoms with E-state index in [2.05, 4.69) is 4.98 Å². The van der Waals surface area contributed by atoms with Crippen molar-refractivity contribution >= 4 is 23.1 Å². The van der Waals surface area contributed by atoms with Gasteiger partial charge in [0.15, 0.2) is 0 Å². The maximum atomic E-state index is 12.7. The number of carbonyl (C=O) groups excluding carboxylic acids is 2. The van der Waals surface area contributed by atoms with Crippen molar-refractivity contribution in [3.63, 3.8) is 0 Å². The van der Waals surface area contributed by atoms with E-state index in [1.165, 1.54) is 11.3 Å². The van der Waals surface area contributed by atoms with Crippen LogP contribution in [0.1, 0.15) is 31.3 Å². The van der Waals surface area contributed by atoms with Crippen LogP contribution in [0.3, 0.4) is 0 Å². The summed E-state index contributed by atoms with van der Waals surface area (Å²) < 4.78 is 5.40. The summed E-state index contributed by atoms with van der Waals surface area (Å²) in [4.78, 5) is 29.4. The first kappa shape index (κ1) is 15.1. The van der Waals surface area contributed by atoms with Crippen LogP contribution in [0, 0.1) is 6.92 Å². The van der Waals surface area contributed by atoms with Crippen LogP contribution in [0.4, 0.5) is 0 Å². The first-order valence-electron chi connectivity index (χ1n) is 6.98. The summed E-state index contributed by atoms with van der Waals surface area (Å²) in [6.45, 7) is 1.82. The molecule has 0 saturated carbocycles. The number of para-hydroxylation sites is 1. The largest absolute Gasteiger partial charge is 0.422 e. The molecule has 0 unspecified atom stereocenters. The number of thiophene rings is 1. The van der Waals surface area contributed by atoms with Gasteiger partial charge in [0.2, 0.25) is 5.78 Å². The Bertz CT molecular complexity index is 856. The van der Waals surface area contributed by atoms with Crippen LogP contribution in [-0.2, 0) is 0 Å². The van der Waals surface area contributed by atoms with Gasteiger partial charge in [0.1, 0.15) is 16.3 Å². The molecule has 2 aromatic heterocycles. The third-order valence-electron chi connectivity index (χ3n) is 3.28. The Morgan fingerprint density at radius 3 is 2.61 bits per heavy atom. The molecule has 0 atom stereocenters. The highest BCUT2D eigenvalue weighted by molar-refractivity contribution is 7.12. The van der Waals surface area contributed by atoms with Gasteiger partial charge < -0.3 is 4.74 Å². The molecule has 0 aliphatic carbocycles. The number of nitrogens with zero attached hydrogens (tertiary/aromatic N) is 1. The summed E-state index contributed by atoms with van der Waals surface area (Å²) in [6, 6.07) is 13.7. The minimum Gasteiger partial charge on any atom is -0.422 e. The molecule has 0 spiro atoms. The lowest BCUT2D eigenvalue weighted by atomic mass is 10.0. The number of aromatic nitrogens is 1. The van der Waals surface area contributed by atoms with E-state index in [0.717, 1.165) is 5.56 Å². The highest BCUT2D eigenvalue weighted by Crippen LogP contribution is 2.23. The highest BCUT2D eigenvalue weighted by Gasteiger charge is 2.19. The molecule has 4 nitrogen and oxygen atoms in total. The first-order valence-corrected chi connectivity index (χ1v) is 7.86. The van der Waals surface area contributed by atoms with Gasteiger partial charge >= 0.3 is 5.97 Å². The molecule has 3 rings (SSSR count). The Balaban J connectivity index is 1.94. The average Bonchev–Trinajstić information content (AvgIpc) is 3.10. The van der Waals surface area contributed by atoms with Gasteiger partial charge in [-0.3, -0.25) is 9.78 Å². The normalized spacial score (nSPS) is 10.3. The molecule has 3 aromatic rings. The van der Waals surface area contributed by atoms with Crippen LogP contribution in [0.15, 0.2) is 60.1 Å². The molecule has 0 aliphatic heterocycles. The number of ether oxygens (including phenoxy) is 1. The molecule has 23 heavy (non-hydrogen) atoms. The van der Waals surface area contributed by atoms with Crippen LogP contribution < -0.4 is 4.74 Å². The topological polar surface area (TPSA) is 56.3 Å². The number of ketones is 1. The van der Waals surface area contributed by atoms with Crippen LogP contribution in [0.2, 0.25) is 0 Å². The summed E-state index contributed by atoms with van der Waals surface area (Å²) in [5.41, 5.74) is 1.45. The molecular weight excluding hydrogens is 310 g/mol. The molecule has 0 N–H and O–H groups in total. The van der Waals surface area contributed by atoms with Crippen LogP contribution in [0.25, 0.3) is 0 Å². The summed E-state index contributed by atoms with van der Waals surface area (Å²) in [5.74, 6) is -0.503. The average molecular weight is 323 g/mol. The summed E-state index contributed by atoms with van der Waals surface area (Å²) in [6.07, 6.45) is 1.57. The van der Waals surface area contributed by atoms with Gasteiger partial charge in [-0.1, -0.05) is 24.3 Å². The predicted molar refractivity (Wildman–Crippen MR) is 88.1 cm³/mol. The predicted octanol–water partition coefficient (Wildman–Crippen LogP) is 3.90. The number of aryl methyl sites for hydroxylation is 1. The Morgan fingerprint density at radius 1 is 1.04 bits per heavy atom. The lowest BCUT2D eigenvalue weighted by Gasteiger charge is -2.09. The number of esters is 1. The van der Waals surface area contributed by atoms with Crippen molar-refractivity contribution in [1.82, 2.24) is 4.98 Å². The fourth-order valence-electron chi connectivity index (χ4n) is 2.14. The second-order valence-corrected chi connectivity index (χ2v) is 5.81. The molecule has 0 fully saturated rings. The summed E-state index contributed by atoms with van der Waals surface area (Å²) in [5, 5.41) is 1.80. The van der Waals surface area contributed by atoms with E-state index < -0.39 is 5.97 Å². The van der Waals surface area contributed by atoms with E-state index in [9.17, 15) is 9.59 Å². The molecule has 0 amide bonds. The third kappa shape index (κ3) is 3.19. The number of carbonyl (C=O) groups is 2. The zero-order valence-corrected chi connectivity index (χ0v) is 13.2. The maximum absolute atomic E-state index is 12.7. The Morgan fingerprint density at radius 2 is 1.87 bits per heavy atom. The number of pyridine rings is 1. The number of hydrogen-bond donors (Lipinski definition) is 0. The fourth-order valence-corrected chi connectivity index (χ4v) is 2.74. The third-order valence-corrected chi connectivity index (χ3v) is 4.13. The van der Waals surface area contributed by atoms with Crippen molar-refractivity contribution in [1.29, 1.82) is 0 Å². The standard InChI is InChI=1S/C18H13NO3S/c1-12-6-4-10-19-16(12)17(20)13-7-2-3-8-14(13)22-18(21)15-9-5-11-23-15/h2-11H,1H3. The van der Waals surface area contributed by atoms with Crippen molar-refractivity contribution in [3.8, 4) is 5.75 Å². The lowest BCUT2D eigenvalue weighted by Crippen LogP contribution is -2.12. The van der Waals surface area contributed by atoms with Gasteiger partial charge in [-0.2, -0.15) is 0 Å². The molecule has 0 radical (unpaired) electrons. The second-order valence-electron chi connectivity index (χ2n) is 4.86. The van der Waals surface area contributed by atoms with E-state index in [1.807, 2.05) is 13.0 Å². The lowest BCUT2D eigenvalue weighted by molar-refractivity contribution is 0.0738. The van der Waals surface area contributed by atoms with Crippen LogP contribution in [0.5, 0.6) is 5.75 Å². The van der Waals surface area contributed by atoms with Crippen molar-refractivity contribution in [2.75, 3.05) is 0 Å². The van der Waals surface area contributed by atoms with Crippen LogP contribution in [-0.4, -0.2) is 16.7 Å². The quantitative estimate of drug-likeness (QED) is 0.415. The maximum Gasteiger partial charge on any atom is 0.353 e. The van der Waals surface area contributed by atoms with Gasteiger partial charge in [0.05, 0.1) is 5.56 Å². The Labute approximate surface area is 137 Å². The molecule has 2 heterocycles. The number of hydrogen-bond acceptors (Lipinski definition) is 5. The molecule has 114 valence electrons. The van der Waals surface area contributed by atoms with Crippen LogP contribution >= 0.6 is 11.3 Å². The van der Waals surface area contributed by atoms with Gasteiger partial charge in [0.25, 0.3) is 0 Å². The summed E-state index contributed by atoms with van der Waals surface area (Å²) >= 11 is 1.29. The van der Waals surface area contributed by atoms with Gasteiger partial charge in [0, 0.05) is 6.20 Å². The van der Waals surface area contributed by atoms with E-state index in [-0.39, 0.29) is 11.5 Å². The highest BCUT2D eigenvalue weighted by atomic mass is 32.1. The molecule has 1 aromatic carbocycles. The van der Waals surface area contributed by atoms with E-state index in [1.54, 1.807) is 54.0 Å². The smallest absolute Gasteiger partial charge is 0.353 e. The Hall–Kier alpha value is -2.79. The summed E-state index contributed by atoms with van der Waals surface area (Å²) in [7, 11) is 0. The first-order chi connectivity index (χ1) is 11.2. The van der Waals surface area contributed by atoms with Gasteiger partial charge in [-0.05, 0) is 42.1 Å². The molecular formula is C18H13NO3S. The Kier molecular flexibility index (Phi) is 4.30. The number of rotatable bonds is 4. The second kappa shape index (κ2) is 6.54. The molecule has 5 heteroatoms. The zero-order chi connectivity index (χ0) is 16.2. The van der Waals surface area contributed by atoms with Crippen molar-refractivity contribution < 1.29 is 14.3 Å².